The van der Waals surface area contributed by atoms with E-state index in [1.807, 2.05) is 20.8 Å². The van der Waals surface area contributed by atoms with Gasteiger partial charge in [0.15, 0.2) is 24.1 Å². The molecule has 2 unspecified atom stereocenters. The van der Waals surface area contributed by atoms with Crippen LogP contribution in [0.3, 0.4) is 0 Å². The zero-order chi connectivity index (χ0) is 45.9. The number of ether oxygens (including phenoxy) is 8. The first-order chi connectivity index (χ1) is 28.8. The molecule has 4 fully saturated rings. The maximum Gasteiger partial charge on any atom is 0.407 e. The number of alkyl carbamates (subject to hydrolysis) is 1. The fourth-order valence-corrected chi connectivity index (χ4v) is 10.8. The molecule has 0 bridgehead atoms. The van der Waals surface area contributed by atoms with Gasteiger partial charge in [-0.1, -0.05) is 45.5 Å². The Morgan fingerprint density at radius 3 is 2.18 bits per heavy atom. The van der Waals surface area contributed by atoms with Crippen LogP contribution >= 0.6 is 0 Å². The fourth-order valence-electron chi connectivity index (χ4n) is 10.8. The third-order valence-electron chi connectivity index (χ3n) is 13.3. The molecule has 16 nitrogen and oxygen atoms in total. The standard InChI is InChI=1S/C46H63NO15/c1-13-32-58-30-20-31-46(22-55-31,61-26(6)49)36-38(60-39(51)27-17-15-14-16-18-27)45(43(10,11)54)21-29(24(4)33(45)35(56-25(5)48)37(59-32)44(30,36)12)57-40(52)34(50)28(19-23(2)3)47-41(53)62-42(7,8)9/h13-18,23,28-32,34-38,50,54H,1,19-22H2,2-12H3,(H,47,53)/t28-,29-,30-,31+,32-,34+,35-,36-,37-,38-,44+,45?,46?/m0/s1. The van der Waals surface area contributed by atoms with Gasteiger partial charge >= 0.3 is 30.0 Å². The molecule has 6 rings (SSSR count). The second kappa shape index (κ2) is 17.0. The normalized spacial score (nSPS) is 34.7. The first kappa shape index (κ1) is 47.1. The maximum atomic E-state index is 14.6. The molecule has 0 aromatic heterocycles. The molecule has 3 N–H and O–H groups in total. The maximum absolute atomic E-state index is 14.6. The number of hydrogen-bond donors (Lipinski definition) is 3. The van der Waals surface area contributed by atoms with Crippen LogP contribution in [0, 0.1) is 22.7 Å². The van der Waals surface area contributed by atoms with Crippen LogP contribution in [-0.2, 0) is 52.3 Å². The average molecular weight is 870 g/mol. The monoisotopic (exact) mass is 869 g/mol. The molecule has 1 aromatic rings. The van der Waals surface area contributed by atoms with Crippen LogP contribution in [0.5, 0.6) is 0 Å². The summed E-state index contributed by atoms with van der Waals surface area (Å²) in [6.07, 6.45) is -8.88. The molecule has 2 saturated carbocycles. The predicted octanol–water partition coefficient (Wildman–Crippen LogP) is 4.87. The quantitative estimate of drug-likeness (QED) is 0.145. The molecule has 1 amide bonds. The molecule has 16 heteroatoms. The summed E-state index contributed by atoms with van der Waals surface area (Å²) in [5.74, 6) is -4.40. The highest BCUT2D eigenvalue weighted by Crippen LogP contribution is 2.70. The van der Waals surface area contributed by atoms with Gasteiger partial charge in [-0.15, -0.1) is 0 Å². The highest BCUT2D eigenvalue weighted by molar-refractivity contribution is 5.89. The Kier molecular flexibility index (Phi) is 12.9. The van der Waals surface area contributed by atoms with Gasteiger partial charge in [-0.3, -0.25) is 9.59 Å². The molecule has 0 radical (unpaired) electrons. The summed E-state index contributed by atoms with van der Waals surface area (Å²) in [6.45, 7) is 21.6. The average Bonchev–Trinajstić information content (AvgIpc) is 3.41. The number of nitrogens with one attached hydrogen (secondary N) is 1. The zero-order valence-electron chi connectivity index (χ0n) is 37.6. The Morgan fingerprint density at radius 2 is 1.65 bits per heavy atom. The lowest BCUT2D eigenvalue weighted by molar-refractivity contribution is -0.392. The molecule has 2 aliphatic heterocycles. The van der Waals surface area contributed by atoms with Gasteiger partial charge in [0.2, 0.25) is 0 Å². The van der Waals surface area contributed by atoms with Crippen molar-refractivity contribution in [2.75, 3.05) is 6.61 Å². The molecule has 5 aliphatic rings. The summed E-state index contributed by atoms with van der Waals surface area (Å²) in [5, 5.41) is 27.1. The van der Waals surface area contributed by atoms with E-state index in [2.05, 4.69) is 11.9 Å². The Labute approximate surface area is 362 Å². The molecule has 1 aromatic carbocycles. The summed E-state index contributed by atoms with van der Waals surface area (Å²) in [4.78, 5) is 68.3. The van der Waals surface area contributed by atoms with E-state index < -0.39 is 119 Å². The second-order valence-electron chi connectivity index (χ2n) is 19.5. The van der Waals surface area contributed by atoms with Crippen molar-refractivity contribution in [2.24, 2.45) is 22.7 Å². The number of amides is 1. The number of hydrogen-bond acceptors (Lipinski definition) is 15. The number of fused-ring (bicyclic) bond motifs is 3. The molecular formula is C46H63NO15. The summed E-state index contributed by atoms with van der Waals surface area (Å²) in [7, 11) is 0. The van der Waals surface area contributed by atoms with E-state index in [9.17, 15) is 34.2 Å². The van der Waals surface area contributed by atoms with Crippen LogP contribution in [0.25, 0.3) is 0 Å². The van der Waals surface area contributed by atoms with E-state index in [0.29, 0.717) is 5.57 Å². The van der Waals surface area contributed by atoms with Crippen molar-refractivity contribution in [3.05, 3.63) is 59.7 Å². The second-order valence-corrected chi connectivity index (χ2v) is 19.5. The van der Waals surface area contributed by atoms with Crippen LogP contribution < -0.4 is 5.32 Å². The van der Waals surface area contributed by atoms with Crippen LogP contribution in [0.4, 0.5) is 4.79 Å². The predicted molar refractivity (Wildman–Crippen MR) is 220 cm³/mol. The Hall–Kier alpha value is -4.35. The highest BCUT2D eigenvalue weighted by atomic mass is 16.7. The first-order valence-electron chi connectivity index (χ1n) is 21.3. The number of esters is 4. The highest BCUT2D eigenvalue weighted by Gasteiger charge is 2.81. The summed E-state index contributed by atoms with van der Waals surface area (Å²) in [6, 6.07) is 7.11. The Morgan fingerprint density at radius 1 is 0.984 bits per heavy atom. The van der Waals surface area contributed by atoms with Crippen molar-refractivity contribution in [1.82, 2.24) is 5.32 Å². The lowest BCUT2D eigenvalue weighted by atomic mass is 9.49. The van der Waals surface area contributed by atoms with E-state index in [4.69, 9.17) is 37.9 Å². The largest absolute Gasteiger partial charge is 0.457 e. The van der Waals surface area contributed by atoms with Gasteiger partial charge in [-0.2, -0.15) is 0 Å². The van der Waals surface area contributed by atoms with E-state index in [-0.39, 0.29) is 42.9 Å². The number of carbonyl (C=O) groups excluding carboxylic acids is 5. The van der Waals surface area contributed by atoms with Crippen LogP contribution in [-0.4, -0.2) is 119 Å². The van der Waals surface area contributed by atoms with Crippen LogP contribution in [0.15, 0.2) is 54.1 Å². The van der Waals surface area contributed by atoms with Crippen molar-refractivity contribution in [3.8, 4) is 0 Å². The molecular weight excluding hydrogens is 806 g/mol. The lowest BCUT2D eigenvalue weighted by Crippen LogP contribution is -2.80. The summed E-state index contributed by atoms with van der Waals surface area (Å²) < 4.78 is 50.5. The lowest BCUT2D eigenvalue weighted by Gasteiger charge is -2.67. The van der Waals surface area contributed by atoms with E-state index >= 15 is 0 Å². The van der Waals surface area contributed by atoms with E-state index in [1.54, 1.807) is 58.0 Å². The van der Waals surface area contributed by atoms with Crippen molar-refractivity contribution in [2.45, 2.75) is 167 Å². The van der Waals surface area contributed by atoms with Crippen molar-refractivity contribution in [3.63, 3.8) is 0 Å². The van der Waals surface area contributed by atoms with Gasteiger partial charge < -0.3 is 53.4 Å². The van der Waals surface area contributed by atoms with Crippen LogP contribution in [0.1, 0.15) is 106 Å². The molecule has 62 heavy (non-hydrogen) atoms. The molecule has 2 saturated heterocycles. The molecule has 342 valence electrons. The molecule has 13 atom stereocenters. The fraction of sp³-hybridized carbons (Fsp3) is 0.674. The minimum Gasteiger partial charge on any atom is -0.457 e. The molecule has 3 aliphatic carbocycles. The van der Waals surface area contributed by atoms with Gasteiger partial charge in [-0.05, 0) is 83.2 Å². The van der Waals surface area contributed by atoms with Gasteiger partial charge in [0.25, 0.3) is 0 Å². The van der Waals surface area contributed by atoms with Crippen LogP contribution in [0.2, 0.25) is 0 Å². The number of aliphatic hydroxyl groups is 2. The van der Waals surface area contributed by atoms with Crippen molar-refractivity contribution in [1.29, 1.82) is 0 Å². The third-order valence-corrected chi connectivity index (χ3v) is 13.3. The summed E-state index contributed by atoms with van der Waals surface area (Å²) in [5.41, 5.74) is -6.62. The molecule has 2 heterocycles. The zero-order valence-corrected chi connectivity index (χ0v) is 37.6. The number of aliphatic hydroxyl groups excluding tert-OH is 1. The van der Waals surface area contributed by atoms with E-state index in [0.717, 1.165) is 0 Å². The van der Waals surface area contributed by atoms with Gasteiger partial charge in [0.05, 0.1) is 41.3 Å². The van der Waals surface area contributed by atoms with Crippen molar-refractivity contribution >= 4 is 30.0 Å². The van der Waals surface area contributed by atoms with Gasteiger partial charge in [0, 0.05) is 32.1 Å². The number of rotatable bonds is 12. The SMILES string of the molecule is C=C[C@H]1O[C@H]2C[C@H]3OCC3(OC(C)=O)[C@H]3[C@H](OC(=O)c4ccccc4)C4(C(C)(C)O)C[C@H](OC(=O)[C@H](O)[C@H](CC(C)C)NC(=O)OC(C)(C)C)C(C)=C4[C@H](OC(C)=O)[C@H](O1)[C@]23C. The number of benzene rings is 1. The smallest absolute Gasteiger partial charge is 0.407 e. The Balaban J connectivity index is 1.58. The van der Waals surface area contributed by atoms with Gasteiger partial charge in [-0.25, -0.2) is 14.4 Å². The van der Waals surface area contributed by atoms with E-state index in [1.165, 1.54) is 33.8 Å². The molecule has 0 spiro atoms. The third kappa shape index (κ3) is 8.28. The minimum absolute atomic E-state index is 0.0845. The Bertz CT molecular complexity index is 1950. The number of carbonyl (C=O) groups is 5. The van der Waals surface area contributed by atoms with Gasteiger partial charge in [0.1, 0.15) is 30.0 Å². The first-order valence-corrected chi connectivity index (χ1v) is 21.3. The van der Waals surface area contributed by atoms with Crippen molar-refractivity contribution < 1.29 is 72.1 Å². The topological polar surface area (TPSA) is 212 Å². The summed E-state index contributed by atoms with van der Waals surface area (Å²) >= 11 is 0. The minimum atomic E-state index is -1.91.